The summed E-state index contributed by atoms with van der Waals surface area (Å²) in [5.41, 5.74) is 0. The van der Waals surface area contributed by atoms with Crippen LogP contribution < -0.4 is 7.91 Å². The Morgan fingerprint density at radius 2 is 1.19 bits per heavy atom. The predicted octanol–water partition coefficient (Wildman–Crippen LogP) is 1.93. The van der Waals surface area contributed by atoms with E-state index in [0.29, 0.717) is 0 Å². The van der Waals surface area contributed by atoms with E-state index in [9.17, 15) is 9.90 Å². The second kappa shape index (κ2) is 5.09. The van der Waals surface area contributed by atoms with Gasteiger partial charge in [0.1, 0.15) is 0 Å². The molecule has 0 heterocycles. The van der Waals surface area contributed by atoms with E-state index in [1.165, 1.54) is 0 Å². The van der Waals surface area contributed by atoms with E-state index in [1.54, 1.807) is 0 Å². The fourth-order valence-corrected chi connectivity index (χ4v) is 5.55. The van der Waals surface area contributed by atoms with Crippen LogP contribution in [0, 0.1) is 0 Å². The van der Waals surface area contributed by atoms with Crippen molar-refractivity contribution in [3.05, 3.63) is 60.7 Å². The fourth-order valence-electron chi connectivity index (χ4n) is 1.28. The van der Waals surface area contributed by atoms with Crippen molar-refractivity contribution < 1.29 is 27.2 Å². The molecule has 0 saturated carbocycles. The molecule has 1 N–H and O–H groups in total. The molecule has 0 atom stereocenters. The zero-order valence-electron chi connectivity index (χ0n) is 8.45. The SMILES string of the molecule is O=[C](O)[Pt]([c]1ccccc1)[c]1ccccc1. The molecule has 0 radical (unpaired) electrons. The number of benzene rings is 2. The summed E-state index contributed by atoms with van der Waals surface area (Å²) in [6.07, 6.45) is 0. The van der Waals surface area contributed by atoms with Crippen molar-refractivity contribution in [2.24, 2.45) is 0 Å². The van der Waals surface area contributed by atoms with Gasteiger partial charge in [0.05, 0.1) is 0 Å². The second-order valence-electron chi connectivity index (χ2n) is 2.98. The van der Waals surface area contributed by atoms with Gasteiger partial charge in [0.15, 0.2) is 0 Å². The van der Waals surface area contributed by atoms with Crippen molar-refractivity contribution in [2.45, 2.75) is 0 Å². The molecule has 85 valence electrons. The average Bonchev–Trinajstić information content (AvgIpc) is 2.31. The van der Waals surface area contributed by atoms with Crippen molar-refractivity contribution in [2.75, 3.05) is 0 Å². The van der Waals surface area contributed by atoms with E-state index in [-0.39, 0.29) is 0 Å². The minimum atomic E-state index is -2.31. The van der Waals surface area contributed by atoms with Crippen LogP contribution in [-0.2, 0) is 17.3 Å². The van der Waals surface area contributed by atoms with Crippen LogP contribution in [0.2, 0.25) is 0 Å². The molecule has 0 unspecified atom stereocenters. The molecule has 2 nitrogen and oxygen atoms in total. The first-order valence-corrected chi connectivity index (χ1v) is 8.13. The summed E-state index contributed by atoms with van der Waals surface area (Å²) in [5, 5.41) is 9.35. The molecule has 0 aliphatic rings. The standard InChI is InChI=1S/2C6H5.CHO2.Pt/c2*1-2-4-6-5-3-1;2-1-3;/h2*1-5H;(H,2,3);. The summed E-state index contributed by atoms with van der Waals surface area (Å²) in [4.78, 5) is 11.4. The molecule has 0 aliphatic carbocycles. The van der Waals surface area contributed by atoms with Crippen LogP contribution in [0.1, 0.15) is 0 Å². The van der Waals surface area contributed by atoms with Gasteiger partial charge in [-0.15, -0.1) is 0 Å². The first-order valence-electron chi connectivity index (χ1n) is 4.72. The summed E-state index contributed by atoms with van der Waals surface area (Å²) in [6.45, 7) is 0. The van der Waals surface area contributed by atoms with Gasteiger partial charge >= 0.3 is 100 Å². The molecular weight excluding hydrogens is 383 g/mol. The summed E-state index contributed by atoms with van der Waals surface area (Å²) in [7, 11) is 0. The zero-order valence-corrected chi connectivity index (χ0v) is 10.7. The van der Waals surface area contributed by atoms with Crippen LogP contribution in [0.5, 0.6) is 0 Å². The molecule has 0 fully saturated rings. The first kappa shape index (κ1) is 11.1. The first-order chi connectivity index (χ1) is 7.79. The van der Waals surface area contributed by atoms with Gasteiger partial charge in [-0.3, -0.25) is 0 Å². The molecule has 2 rings (SSSR count). The Labute approximate surface area is 100 Å². The summed E-state index contributed by atoms with van der Waals surface area (Å²) in [6, 6.07) is 19.0. The van der Waals surface area contributed by atoms with Gasteiger partial charge in [0.25, 0.3) is 0 Å². The monoisotopic (exact) mass is 394 g/mol. The van der Waals surface area contributed by atoms with E-state index in [2.05, 4.69) is 0 Å². The molecule has 0 aliphatic heterocycles. The third-order valence-corrected chi connectivity index (χ3v) is 7.04. The van der Waals surface area contributed by atoms with Crippen LogP contribution in [0.25, 0.3) is 0 Å². The van der Waals surface area contributed by atoms with Gasteiger partial charge < -0.3 is 0 Å². The van der Waals surface area contributed by atoms with E-state index < -0.39 is 21.7 Å². The van der Waals surface area contributed by atoms with E-state index in [4.69, 9.17) is 0 Å². The van der Waals surface area contributed by atoms with Crippen molar-refractivity contribution in [3.63, 3.8) is 0 Å². The quantitative estimate of drug-likeness (QED) is 0.864. The maximum atomic E-state index is 11.4. The van der Waals surface area contributed by atoms with E-state index in [0.717, 1.165) is 7.91 Å². The van der Waals surface area contributed by atoms with Gasteiger partial charge in [0.2, 0.25) is 0 Å². The maximum absolute atomic E-state index is 11.4. The third kappa shape index (κ3) is 2.40. The van der Waals surface area contributed by atoms with E-state index in [1.807, 2.05) is 60.7 Å². The summed E-state index contributed by atoms with van der Waals surface area (Å²) < 4.78 is 1.26. The Balaban J connectivity index is 2.44. The Bertz CT molecular complexity index is 428. The predicted molar refractivity (Wildman–Crippen MR) is 60.2 cm³/mol. The fraction of sp³-hybridized carbons (Fsp3) is 0. The number of rotatable bonds is 3. The Morgan fingerprint density at radius 3 is 1.50 bits per heavy atom. The third-order valence-electron chi connectivity index (χ3n) is 1.93. The molecule has 0 bridgehead atoms. The molecule has 0 amide bonds. The van der Waals surface area contributed by atoms with Gasteiger partial charge in [-0.05, 0) is 0 Å². The summed E-state index contributed by atoms with van der Waals surface area (Å²) in [5.74, 6) is 0. The Kier molecular flexibility index (Phi) is 3.53. The molecule has 2 aromatic carbocycles. The molecule has 0 spiro atoms. The van der Waals surface area contributed by atoms with Gasteiger partial charge in [-0.2, -0.15) is 0 Å². The number of hydrogen-bond donors (Lipinski definition) is 1. The van der Waals surface area contributed by atoms with Crippen LogP contribution in [-0.4, -0.2) is 9.47 Å². The minimum absolute atomic E-state index is 0.664. The van der Waals surface area contributed by atoms with Crippen LogP contribution >= 0.6 is 0 Å². The number of carboxylic acid groups (broad SMARTS) is 1. The van der Waals surface area contributed by atoms with Crippen LogP contribution in [0.3, 0.4) is 0 Å². The topological polar surface area (TPSA) is 37.3 Å². The van der Waals surface area contributed by atoms with Crippen molar-refractivity contribution >= 4 is 12.3 Å². The molecule has 0 aromatic heterocycles. The van der Waals surface area contributed by atoms with Gasteiger partial charge in [-0.1, -0.05) is 0 Å². The van der Waals surface area contributed by atoms with E-state index >= 15 is 0 Å². The van der Waals surface area contributed by atoms with Crippen LogP contribution in [0.4, 0.5) is 4.79 Å². The molecule has 0 saturated heterocycles. The normalized spacial score (nSPS) is 10.9. The number of hydrogen-bond acceptors (Lipinski definition) is 1. The summed E-state index contributed by atoms with van der Waals surface area (Å²) >= 11 is -2.31. The van der Waals surface area contributed by atoms with Gasteiger partial charge in [-0.25, -0.2) is 0 Å². The van der Waals surface area contributed by atoms with Crippen molar-refractivity contribution in [1.82, 2.24) is 0 Å². The molecule has 2 aromatic rings. The average molecular weight is 394 g/mol. The molecule has 16 heavy (non-hydrogen) atoms. The van der Waals surface area contributed by atoms with Crippen molar-refractivity contribution in [1.29, 1.82) is 0 Å². The van der Waals surface area contributed by atoms with Gasteiger partial charge in [0, 0.05) is 0 Å². The van der Waals surface area contributed by atoms with Crippen LogP contribution in [0.15, 0.2) is 60.7 Å². The second-order valence-corrected chi connectivity index (χ2v) is 8.28. The Morgan fingerprint density at radius 1 is 0.812 bits per heavy atom. The molecular formula is C13H11O2Pt. The van der Waals surface area contributed by atoms with Crippen molar-refractivity contribution in [3.8, 4) is 0 Å². The zero-order chi connectivity index (χ0) is 11.4. The Hall–Kier alpha value is -1.40. The molecule has 3 heteroatoms. The number of carbonyl (C=O) groups is 1.